The zero-order valence-corrected chi connectivity index (χ0v) is 12.0. The van der Waals surface area contributed by atoms with Gasteiger partial charge in [0.25, 0.3) is 0 Å². The third-order valence-corrected chi connectivity index (χ3v) is 3.36. The van der Waals surface area contributed by atoms with Crippen LogP contribution in [0.3, 0.4) is 0 Å². The van der Waals surface area contributed by atoms with Gasteiger partial charge in [-0.3, -0.25) is 0 Å². The molecule has 0 fully saturated rings. The van der Waals surface area contributed by atoms with Gasteiger partial charge < -0.3 is 14.3 Å². The number of fused-ring (bicyclic) bond motifs is 1. The van der Waals surface area contributed by atoms with Gasteiger partial charge in [0.2, 0.25) is 0 Å². The fourth-order valence-corrected chi connectivity index (χ4v) is 2.32. The van der Waals surface area contributed by atoms with Crippen LogP contribution in [0.5, 0.6) is 0 Å². The smallest absolute Gasteiger partial charge is 0.137 e. The Balaban J connectivity index is 1.61. The fourth-order valence-electron chi connectivity index (χ4n) is 2.16. The summed E-state index contributed by atoms with van der Waals surface area (Å²) in [5.41, 5.74) is 1.92. The van der Waals surface area contributed by atoms with Gasteiger partial charge in [0.05, 0.1) is 17.0 Å². The SMILES string of the molecule is CC(Cn1ccnc1)NCc1cn2cc(Cl)ccc2n1. The lowest BCUT2D eigenvalue weighted by molar-refractivity contribution is 0.473. The first-order valence-corrected chi connectivity index (χ1v) is 6.91. The van der Waals surface area contributed by atoms with Crippen LogP contribution in [0.4, 0.5) is 0 Å². The van der Waals surface area contributed by atoms with Crippen molar-refractivity contribution in [2.45, 2.75) is 26.1 Å². The molecule has 0 amide bonds. The van der Waals surface area contributed by atoms with Crippen molar-refractivity contribution in [1.29, 1.82) is 0 Å². The Morgan fingerprint density at radius 3 is 3.05 bits per heavy atom. The molecule has 20 heavy (non-hydrogen) atoms. The molecule has 0 radical (unpaired) electrons. The maximum atomic E-state index is 5.96. The Kier molecular flexibility index (Phi) is 3.71. The average Bonchev–Trinajstić information content (AvgIpc) is 3.04. The molecule has 0 spiro atoms. The minimum atomic E-state index is 0.345. The fraction of sp³-hybridized carbons (Fsp3) is 0.286. The van der Waals surface area contributed by atoms with E-state index in [0.29, 0.717) is 11.1 Å². The van der Waals surface area contributed by atoms with Crippen molar-refractivity contribution in [1.82, 2.24) is 24.3 Å². The van der Waals surface area contributed by atoms with Crippen LogP contribution in [0.2, 0.25) is 5.02 Å². The molecule has 0 saturated heterocycles. The highest BCUT2D eigenvalue weighted by Crippen LogP contribution is 2.11. The number of nitrogens with one attached hydrogen (secondary N) is 1. The summed E-state index contributed by atoms with van der Waals surface area (Å²) >= 11 is 5.96. The molecular formula is C14H16ClN5. The number of imidazole rings is 2. The van der Waals surface area contributed by atoms with E-state index < -0.39 is 0 Å². The van der Waals surface area contributed by atoms with E-state index in [0.717, 1.165) is 24.4 Å². The molecule has 3 aromatic rings. The van der Waals surface area contributed by atoms with Crippen molar-refractivity contribution >= 4 is 17.2 Å². The molecule has 104 valence electrons. The summed E-state index contributed by atoms with van der Waals surface area (Å²) in [5.74, 6) is 0. The molecule has 3 heterocycles. The van der Waals surface area contributed by atoms with Gasteiger partial charge in [0.1, 0.15) is 5.65 Å². The predicted octanol–water partition coefficient (Wildman–Crippen LogP) is 2.36. The Bertz CT molecular complexity index is 689. The summed E-state index contributed by atoms with van der Waals surface area (Å²) in [7, 11) is 0. The van der Waals surface area contributed by atoms with Crippen LogP contribution in [0, 0.1) is 0 Å². The lowest BCUT2D eigenvalue weighted by Crippen LogP contribution is -2.29. The lowest BCUT2D eigenvalue weighted by Gasteiger charge is -2.13. The number of aromatic nitrogens is 4. The van der Waals surface area contributed by atoms with Crippen molar-refractivity contribution in [3.8, 4) is 0 Å². The first-order chi connectivity index (χ1) is 9.70. The van der Waals surface area contributed by atoms with Gasteiger partial charge in [-0.15, -0.1) is 0 Å². The number of pyridine rings is 1. The molecule has 5 nitrogen and oxygen atoms in total. The van der Waals surface area contributed by atoms with E-state index in [9.17, 15) is 0 Å². The van der Waals surface area contributed by atoms with Crippen molar-refractivity contribution in [3.63, 3.8) is 0 Å². The van der Waals surface area contributed by atoms with Crippen LogP contribution < -0.4 is 5.32 Å². The van der Waals surface area contributed by atoms with E-state index in [2.05, 4.69) is 26.8 Å². The summed E-state index contributed by atoms with van der Waals surface area (Å²) in [6.07, 6.45) is 9.44. The topological polar surface area (TPSA) is 47.2 Å². The lowest BCUT2D eigenvalue weighted by atomic mass is 10.3. The first kappa shape index (κ1) is 13.1. The summed E-state index contributed by atoms with van der Waals surface area (Å²) in [5, 5.41) is 4.17. The Hall–Kier alpha value is -1.85. The van der Waals surface area contributed by atoms with Gasteiger partial charge in [-0.1, -0.05) is 11.6 Å². The van der Waals surface area contributed by atoms with Gasteiger partial charge in [0.15, 0.2) is 0 Å². The van der Waals surface area contributed by atoms with Gasteiger partial charge in [-0.2, -0.15) is 0 Å². The standard InChI is InChI=1S/C14H16ClN5/c1-11(7-19-5-4-16-10-19)17-6-13-9-20-8-12(15)2-3-14(20)18-13/h2-5,8-11,17H,6-7H2,1H3. The van der Waals surface area contributed by atoms with Crippen molar-refractivity contribution in [3.05, 3.63) is 54.0 Å². The van der Waals surface area contributed by atoms with Crippen molar-refractivity contribution in [2.24, 2.45) is 0 Å². The molecule has 3 aromatic heterocycles. The predicted molar refractivity (Wildman–Crippen MR) is 78.7 cm³/mol. The highest BCUT2D eigenvalue weighted by atomic mass is 35.5. The first-order valence-electron chi connectivity index (χ1n) is 6.53. The number of hydrogen-bond acceptors (Lipinski definition) is 3. The number of nitrogens with zero attached hydrogens (tertiary/aromatic N) is 4. The third kappa shape index (κ3) is 3.00. The molecule has 0 aliphatic rings. The second kappa shape index (κ2) is 5.64. The Labute approximate surface area is 122 Å². The normalized spacial score (nSPS) is 12.9. The van der Waals surface area contributed by atoms with Crippen LogP contribution in [0.25, 0.3) is 5.65 Å². The molecule has 1 unspecified atom stereocenters. The minimum Gasteiger partial charge on any atom is -0.336 e. The highest BCUT2D eigenvalue weighted by molar-refractivity contribution is 6.30. The zero-order chi connectivity index (χ0) is 13.9. The van der Waals surface area contributed by atoms with Gasteiger partial charge in [-0.05, 0) is 19.1 Å². The molecule has 1 N–H and O–H groups in total. The molecule has 0 aliphatic carbocycles. The van der Waals surface area contributed by atoms with Crippen LogP contribution in [-0.2, 0) is 13.1 Å². The quantitative estimate of drug-likeness (QED) is 0.784. The number of halogens is 1. The maximum Gasteiger partial charge on any atom is 0.137 e. The second-order valence-electron chi connectivity index (χ2n) is 4.89. The molecule has 0 saturated carbocycles. The van der Waals surface area contributed by atoms with Crippen LogP contribution >= 0.6 is 11.6 Å². The summed E-state index contributed by atoms with van der Waals surface area (Å²) in [6, 6.07) is 4.11. The Morgan fingerprint density at radius 1 is 1.35 bits per heavy atom. The molecule has 6 heteroatoms. The van der Waals surface area contributed by atoms with Crippen LogP contribution in [0.1, 0.15) is 12.6 Å². The monoisotopic (exact) mass is 289 g/mol. The van der Waals surface area contributed by atoms with Gasteiger partial charge in [-0.25, -0.2) is 9.97 Å². The number of hydrogen-bond donors (Lipinski definition) is 1. The van der Waals surface area contributed by atoms with Crippen molar-refractivity contribution < 1.29 is 0 Å². The van der Waals surface area contributed by atoms with E-state index in [1.807, 2.05) is 41.5 Å². The molecule has 3 rings (SSSR count). The van der Waals surface area contributed by atoms with E-state index in [-0.39, 0.29) is 0 Å². The molecule has 0 aromatic carbocycles. The molecular weight excluding hydrogens is 274 g/mol. The van der Waals surface area contributed by atoms with Gasteiger partial charge in [0, 0.05) is 43.9 Å². The van der Waals surface area contributed by atoms with E-state index >= 15 is 0 Å². The van der Waals surface area contributed by atoms with Crippen LogP contribution in [-0.4, -0.2) is 25.0 Å². The summed E-state index contributed by atoms with van der Waals surface area (Å²) in [4.78, 5) is 8.58. The summed E-state index contributed by atoms with van der Waals surface area (Å²) in [6.45, 7) is 3.76. The second-order valence-corrected chi connectivity index (χ2v) is 5.32. The minimum absolute atomic E-state index is 0.345. The van der Waals surface area contributed by atoms with E-state index in [1.54, 1.807) is 6.20 Å². The maximum absolute atomic E-state index is 5.96. The van der Waals surface area contributed by atoms with Crippen LogP contribution in [0.15, 0.2) is 43.2 Å². The molecule has 0 bridgehead atoms. The Morgan fingerprint density at radius 2 is 2.25 bits per heavy atom. The largest absolute Gasteiger partial charge is 0.336 e. The van der Waals surface area contributed by atoms with E-state index in [1.165, 1.54) is 0 Å². The average molecular weight is 290 g/mol. The molecule has 1 atom stereocenters. The highest BCUT2D eigenvalue weighted by Gasteiger charge is 2.05. The van der Waals surface area contributed by atoms with Gasteiger partial charge >= 0.3 is 0 Å². The third-order valence-electron chi connectivity index (χ3n) is 3.14. The summed E-state index contributed by atoms with van der Waals surface area (Å²) < 4.78 is 4.00. The van der Waals surface area contributed by atoms with Crippen molar-refractivity contribution in [2.75, 3.05) is 0 Å². The zero-order valence-electron chi connectivity index (χ0n) is 11.2. The van der Waals surface area contributed by atoms with E-state index in [4.69, 9.17) is 11.6 Å². The molecule has 0 aliphatic heterocycles. The number of rotatable bonds is 5.